The van der Waals surface area contributed by atoms with Crippen molar-refractivity contribution in [3.05, 3.63) is 137 Å². The summed E-state index contributed by atoms with van der Waals surface area (Å²) in [5.41, 5.74) is 4.81. The molecule has 68 heavy (non-hydrogen) atoms. The largest absolute Gasteiger partial charge is 0.508 e. The SMILES string of the molecule is C[C@@H](NC(=O)[C@@H](N)Cc1ccc(O)cc1)C(=O)NCC(=O)N[C@@H](Cc1ccccc1)C(=O)NCCCC(=O)N[C@@H](Cc1c[nH]c2ccccc12)C(=O)OCc1cc(C(F)(F)F)cc(C(F)(F)F)c1. The lowest BCUT2D eigenvalue weighted by Gasteiger charge is -2.20. The zero-order valence-electron chi connectivity index (χ0n) is 36.4. The highest BCUT2D eigenvalue weighted by molar-refractivity contribution is 5.93. The lowest BCUT2D eigenvalue weighted by Crippen LogP contribution is -2.53. The molecule has 1 heterocycles. The number of aromatic amines is 1. The lowest BCUT2D eigenvalue weighted by molar-refractivity contribution is -0.149. The third-order valence-corrected chi connectivity index (χ3v) is 10.5. The average molecular weight is 954 g/mol. The van der Waals surface area contributed by atoms with Gasteiger partial charge in [-0.25, -0.2) is 4.79 Å². The number of aromatic hydroxyl groups is 1. The predicted octanol–water partition coefficient (Wildman–Crippen LogP) is 4.50. The zero-order valence-corrected chi connectivity index (χ0v) is 36.4. The summed E-state index contributed by atoms with van der Waals surface area (Å²) < 4.78 is 86.0. The van der Waals surface area contributed by atoms with Gasteiger partial charge in [0.05, 0.1) is 23.7 Å². The number of alkyl halides is 6. The van der Waals surface area contributed by atoms with Crippen LogP contribution in [0.1, 0.15) is 53.1 Å². The second-order valence-corrected chi connectivity index (χ2v) is 15.8. The van der Waals surface area contributed by atoms with Crippen LogP contribution in [0, 0.1) is 0 Å². The molecule has 9 N–H and O–H groups in total. The zero-order chi connectivity index (χ0) is 49.6. The van der Waals surface area contributed by atoms with Crippen LogP contribution in [-0.4, -0.2) is 82.9 Å². The van der Waals surface area contributed by atoms with Gasteiger partial charge in [-0.15, -0.1) is 0 Å². The number of esters is 1. The minimum absolute atomic E-state index is 0.0150. The molecule has 1 aromatic heterocycles. The second-order valence-electron chi connectivity index (χ2n) is 15.8. The molecule has 0 fully saturated rings. The minimum Gasteiger partial charge on any atom is -0.508 e. The van der Waals surface area contributed by atoms with E-state index in [1.165, 1.54) is 19.1 Å². The molecule has 5 amide bonds. The number of carbonyl (C=O) groups excluding carboxylic acids is 6. The molecule has 0 bridgehead atoms. The quantitative estimate of drug-likeness (QED) is 0.0294. The van der Waals surface area contributed by atoms with Crippen molar-refractivity contribution in [3.8, 4) is 5.75 Å². The first-order valence-electron chi connectivity index (χ1n) is 21.2. The van der Waals surface area contributed by atoms with Crippen LogP contribution in [0.3, 0.4) is 0 Å². The summed E-state index contributed by atoms with van der Waals surface area (Å²) in [6.45, 7) is -0.232. The fourth-order valence-electron chi connectivity index (χ4n) is 6.91. The smallest absolute Gasteiger partial charge is 0.416 e. The fraction of sp³-hybridized carbons (Fsp3) is 0.319. The maximum absolute atomic E-state index is 13.5. The van der Waals surface area contributed by atoms with Gasteiger partial charge in [0, 0.05) is 42.9 Å². The number of halogens is 6. The van der Waals surface area contributed by atoms with Crippen molar-refractivity contribution in [3.63, 3.8) is 0 Å². The Kier molecular flexibility index (Phi) is 17.7. The number of H-pyrrole nitrogens is 1. The molecule has 0 spiro atoms. The van der Waals surface area contributed by atoms with E-state index in [1.807, 2.05) is 0 Å². The summed E-state index contributed by atoms with van der Waals surface area (Å²) >= 11 is 0. The van der Waals surface area contributed by atoms with E-state index < -0.39 is 102 Å². The van der Waals surface area contributed by atoms with Crippen molar-refractivity contribution < 1.29 is 65.0 Å². The minimum atomic E-state index is -5.13. The first-order valence-corrected chi connectivity index (χ1v) is 21.2. The Balaban J connectivity index is 1.15. The van der Waals surface area contributed by atoms with Crippen molar-refractivity contribution >= 4 is 46.4 Å². The molecule has 5 rings (SSSR count). The Hall–Kier alpha value is -7.42. The fourth-order valence-corrected chi connectivity index (χ4v) is 6.91. The molecule has 0 radical (unpaired) electrons. The summed E-state index contributed by atoms with van der Waals surface area (Å²) in [7, 11) is 0. The van der Waals surface area contributed by atoms with Crippen molar-refractivity contribution in [2.75, 3.05) is 13.1 Å². The number of ether oxygens (including phenoxy) is 1. The van der Waals surface area contributed by atoms with Gasteiger partial charge in [0.2, 0.25) is 29.5 Å². The Morgan fingerprint density at radius 2 is 1.29 bits per heavy atom. The summed E-state index contributed by atoms with van der Waals surface area (Å²) in [4.78, 5) is 81.5. The third kappa shape index (κ3) is 15.6. The van der Waals surface area contributed by atoms with Gasteiger partial charge in [-0.3, -0.25) is 24.0 Å². The number of benzene rings is 4. The highest BCUT2D eigenvalue weighted by Gasteiger charge is 2.37. The number of rotatable bonds is 21. The van der Waals surface area contributed by atoms with Gasteiger partial charge in [0.1, 0.15) is 30.5 Å². The number of aromatic nitrogens is 1. The summed E-state index contributed by atoms with van der Waals surface area (Å²) in [5, 5.41) is 22.8. The van der Waals surface area contributed by atoms with E-state index in [0.29, 0.717) is 39.7 Å². The summed E-state index contributed by atoms with van der Waals surface area (Å²) in [5.74, 6) is -4.50. The van der Waals surface area contributed by atoms with Gasteiger partial charge in [-0.05, 0) is 78.4 Å². The first-order chi connectivity index (χ1) is 32.2. The number of phenols is 1. The monoisotopic (exact) mass is 953 g/mol. The molecular weight excluding hydrogens is 905 g/mol. The molecule has 0 saturated heterocycles. The van der Waals surface area contributed by atoms with Gasteiger partial charge in [0.25, 0.3) is 0 Å². The number of hydrogen-bond acceptors (Lipinski definition) is 9. The molecule has 0 aliphatic carbocycles. The van der Waals surface area contributed by atoms with E-state index in [-0.39, 0.29) is 50.5 Å². The molecular formula is C47H49F6N7O8. The highest BCUT2D eigenvalue weighted by atomic mass is 19.4. The Morgan fingerprint density at radius 1 is 0.676 bits per heavy atom. The Bertz CT molecular complexity index is 2520. The number of phenolic OH excluding ortho intramolecular Hbond substituents is 1. The Labute approximate surface area is 385 Å². The molecule has 4 atom stereocenters. The number of nitrogens with one attached hydrogen (secondary N) is 6. The standard InChI is InChI=1S/C47H49F6N7O8/c1-27(58-43(65)36(54)20-29-13-15-34(61)16-14-29)42(64)57-25-41(63)59-38(21-28-8-3-2-4-9-28)44(66)55-17-7-12-40(62)60-39(22-31-24-56-37-11-6-5-10-35(31)37)45(67)68-26-30-18-32(46(48,49)50)23-33(19-30)47(51,52)53/h2-6,8-11,13-16,18-19,23-24,27,36,38-39,56,61H,7,12,17,20-22,25-26,54H2,1H3,(H,55,66)(H,57,64)(H,58,65)(H,59,63)(H,60,62)/t27-,36+,38+,39+/m1/s1. The average Bonchev–Trinajstić information content (AvgIpc) is 3.71. The normalized spacial score (nSPS) is 13.4. The van der Waals surface area contributed by atoms with Gasteiger partial charge < -0.3 is 47.1 Å². The second kappa shape index (κ2) is 23.3. The molecule has 362 valence electrons. The highest BCUT2D eigenvalue weighted by Crippen LogP contribution is 2.36. The van der Waals surface area contributed by atoms with Crippen molar-refractivity contribution in [1.29, 1.82) is 0 Å². The van der Waals surface area contributed by atoms with E-state index in [9.17, 15) is 60.2 Å². The summed E-state index contributed by atoms with van der Waals surface area (Å²) in [6.07, 6.45) is -8.94. The molecule has 21 heteroatoms. The van der Waals surface area contributed by atoms with Gasteiger partial charge in [-0.2, -0.15) is 26.3 Å². The third-order valence-electron chi connectivity index (χ3n) is 10.5. The van der Waals surface area contributed by atoms with E-state index >= 15 is 0 Å². The number of amides is 5. The van der Waals surface area contributed by atoms with Crippen molar-refractivity contribution in [2.24, 2.45) is 5.73 Å². The van der Waals surface area contributed by atoms with E-state index in [0.717, 1.165) is 0 Å². The van der Waals surface area contributed by atoms with Gasteiger partial charge in [-0.1, -0.05) is 60.7 Å². The number of carbonyl (C=O) groups is 6. The first kappa shape index (κ1) is 51.6. The molecule has 0 saturated carbocycles. The van der Waals surface area contributed by atoms with Crippen LogP contribution in [0.15, 0.2) is 103 Å². The van der Waals surface area contributed by atoms with Gasteiger partial charge >= 0.3 is 18.3 Å². The van der Waals surface area contributed by atoms with Crippen LogP contribution in [0.2, 0.25) is 0 Å². The van der Waals surface area contributed by atoms with Crippen LogP contribution < -0.4 is 32.3 Å². The molecule has 4 aromatic carbocycles. The van der Waals surface area contributed by atoms with E-state index in [1.54, 1.807) is 72.9 Å². The van der Waals surface area contributed by atoms with Crippen LogP contribution in [0.5, 0.6) is 5.75 Å². The predicted molar refractivity (Wildman–Crippen MR) is 235 cm³/mol. The van der Waals surface area contributed by atoms with Crippen LogP contribution in [0.25, 0.3) is 10.9 Å². The van der Waals surface area contributed by atoms with Crippen LogP contribution in [-0.2, 0) is 71.7 Å². The molecule has 0 aliphatic heterocycles. The molecule has 15 nitrogen and oxygen atoms in total. The summed E-state index contributed by atoms with van der Waals surface area (Å²) in [6, 6.07) is 17.9. The molecule has 0 aliphatic rings. The number of para-hydroxylation sites is 1. The molecule has 5 aromatic rings. The van der Waals surface area contributed by atoms with Crippen molar-refractivity contribution in [1.82, 2.24) is 31.6 Å². The number of nitrogens with two attached hydrogens (primary N) is 1. The van der Waals surface area contributed by atoms with E-state index in [4.69, 9.17) is 10.5 Å². The number of fused-ring (bicyclic) bond motifs is 1. The maximum atomic E-state index is 13.5. The Morgan fingerprint density at radius 3 is 1.96 bits per heavy atom. The van der Waals surface area contributed by atoms with Gasteiger partial charge in [0.15, 0.2) is 0 Å². The molecule has 0 unspecified atom stereocenters. The van der Waals surface area contributed by atoms with E-state index in [2.05, 4.69) is 31.6 Å². The number of hydrogen-bond donors (Lipinski definition) is 8. The maximum Gasteiger partial charge on any atom is 0.416 e. The lowest BCUT2D eigenvalue weighted by atomic mass is 10.0. The van der Waals surface area contributed by atoms with Crippen LogP contribution in [0.4, 0.5) is 26.3 Å². The topological polar surface area (TPSA) is 234 Å². The van der Waals surface area contributed by atoms with Crippen LogP contribution >= 0.6 is 0 Å². The van der Waals surface area contributed by atoms with Crippen molar-refractivity contribution in [2.45, 2.75) is 82.2 Å².